The molecule has 0 bridgehead atoms. The zero-order valence-electron chi connectivity index (χ0n) is 19.1. The van der Waals surface area contributed by atoms with Crippen LogP contribution in [-0.4, -0.2) is 16.0 Å². The maximum absolute atomic E-state index is 13.9. The number of carbonyl (C=O) groups is 1. The van der Waals surface area contributed by atoms with Crippen LogP contribution in [0.25, 0.3) is 11.1 Å². The van der Waals surface area contributed by atoms with Gasteiger partial charge >= 0.3 is 5.97 Å². The van der Waals surface area contributed by atoms with E-state index in [2.05, 4.69) is 36.1 Å². The van der Waals surface area contributed by atoms with Crippen molar-refractivity contribution in [3.63, 3.8) is 0 Å². The van der Waals surface area contributed by atoms with Crippen LogP contribution >= 0.6 is 0 Å². The molecule has 0 saturated heterocycles. The maximum Gasteiger partial charge on any atom is 0.305 e. The number of benzene rings is 4. The number of nitrogens with zero attached hydrogens (tertiary/aromatic N) is 1. The second kappa shape index (κ2) is 10.9. The lowest BCUT2D eigenvalue weighted by Crippen LogP contribution is -2.32. The highest BCUT2D eigenvalue weighted by Crippen LogP contribution is 2.36. The molecule has 0 fully saturated rings. The minimum atomic E-state index is -0.862. The number of hydrogen-bond donors (Lipinski definition) is 1. The van der Waals surface area contributed by atoms with E-state index < -0.39 is 5.97 Å². The van der Waals surface area contributed by atoms with E-state index >= 15 is 0 Å². The van der Waals surface area contributed by atoms with Crippen molar-refractivity contribution in [2.45, 2.75) is 32.0 Å². The molecule has 4 aromatic carbocycles. The summed E-state index contributed by atoms with van der Waals surface area (Å²) in [4.78, 5) is 14.3. The summed E-state index contributed by atoms with van der Waals surface area (Å²) < 4.78 is 13.9. The predicted molar refractivity (Wildman–Crippen MR) is 134 cm³/mol. The van der Waals surface area contributed by atoms with Gasteiger partial charge in [-0.2, -0.15) is 0 Å². The normalized spacial score (nSPS) is 12.9. The van der Waals surface area contributed by atoms with Crippen LogP contribution in [0.2, 0.25) is 0 Å². The summed E-state index contributed by atoms with van der Waals surface area (Å²) in [7, 11) is 0. The molecule has 0 amide bonds. The van der Waals surface area contributed by atoms with E-state index in [0.29, 0.717) is 6.54 Å². The van der Waals surface area contributed by atoms with Crippen LogP contribution in [0.15, 0.2) is 109 Å². The Hall–Kier alpha value is -3.76. The average Bonchev–Trinajstić information content (AvgIpc) is 2.87. The number of carboxylic acid groups (broad SMARTS) is 1. The molecule has 0 spiro atoms. The molecule has 0 aliphatic rings. The molecular formula is C30H28FNO2. The van der Waals surface area contributed by atoms with Crippen LogP contribution in [0.1, 0.15) is 42.1 Å². The third-order valence-corrected chi connectivity index (χ3v) is 6.19. The van der Waals surface area contributed by atoms with Gasteiger partial charge in [-0.05, 0) is 52.9 Å². The van der Waals surface area contributed by atoms with Crippen LogP contribution in [0.4, 0.5) is 4.39 Å². The van der Waals surface area contributed by atoms with E-state index in [1.807, 2.05) is 66.7 Å². The van der Waals surface area contributed by atoms with Crippen molar-refractivity contribution < 1.29 is 14.3 Å². The molecule has 172 valence electrons. The smallest absolute Gasteiger partial charge is 0.305 e. The molecule has 0 saturated carbocycles. The molecule has 0 aromatic heterocycles. The Morgan fingerprint density at radius 3 is 2.03 bits per heavy atom. The molecule has 34 heavy (non-hydrogen) atoms. The topological polar surface area (TPSA) is 40.5 Å². The van der Waals surface area contributed by atoms with Gasteiger partial charge in [0.1, 0.15) is 5.82 Å². The minimum absolute atomic E-state index is 0.0245. The molecule has 2 atom stereocenters. The zero-order valence-corrected chi connectivity index (χ0v) is 19.1. The molecule has 0 heterocycles. The van der Waals surface area contributed by atoms with Gasteiger partial charge in [0.05, 0.1) is 6.42 Å². The van der Waals surface area contributed by atoms with Gasteiger partial charge in [-0.3, -0.25) is 9.69 Å². The maximum atomic E-state index is 13.9. The Kier molecular flexibility index (Phi) is 7.51. The fraction of sp³-hybridized carbons (Fsp3) is 0.167. The Morgan fingerprint density at radius 2 is 1.38 bits per heavy atom. The van der Waals surface area contributed by atoms with E-state index in [1.54, 1.807) is 6.07 Å². The van der Waals surface area contributed by atoms with Crippen LogP contribution in [0.3, 0.4) is 0 Å². The summed E-state index contributed by atoms with van der Waals surface area (Å²) in [5.41, 5.74) is 4.75. The Balaban J connectivity index is 1.78. The van der Waals surface area contributed by atoms with E-state index in [9.17, 15) is 14.3 Å². The number of aliphatic carboxylic acids is 1. The highest BCUT2D eigenvalue weighted by Gasteiger charge is 2.28. The molecule has 4 aromatic rings. The molecule has 0 radical (unpaired) electrons. The quantitative estimate of drug-likeness (QED) is 0.290. The second-order valence-electron chi connectivity index (χ2n) is 8.49. The van der Waals surface area contributed by atoms with Crippen molar-refractivity contribution >= 4 is 5.97 Å². The summed E-state index contributed by atoms with van der Waals surface area (Å²) in [6.45, 7) is 2.71. The molecule has 0 aliphatic carbocycles. The van der Waals surface area contributed by atoms with E-state index in [-0.39, 0.29) is 24.3 Å². The molecule has 4 heteroatoms. The van der Waals surface area contributed by atoms with Gasteiger partial charge in [0, 0.05) is 18.6 Å². The lowest BCUT2D eigenvalue weighted by molar-refractivity contribution is -0.138. The van der Waals surface area contributed by atoms with Crippen molar-refractivity contribution in [1.82, 2.24) is 4.90 Å². The van der Waals surface area contributed by atoms with Gasteiger partial charge in [0.15, 0.2) is 0 Å². The van der Waals surface area contributed by atoms with Gasteiger partial charge in [-0.25, -0.2) is 4.39 Å². The SMILES string of the molecule is C[C@H](c1ccccc1)N(Cc1ccccc1)[C@@H](CC(=O)O)c1cccc(-c2cccc(F)c2)c1. The van der Waals surface area contributed by atoms with E-state index in [4.69, 9.17) is 0 Å². The van der Waals surface area contributed by atoms with Gasteiger partial charge in [0.2, 0.25) is 0 Å². The second-order valence-corrected chi connectivity index (χ2v) is 8.49. The molecular weight excluding hydrogens is 425 g/mol. The van der Waals surface area contributed by atoms with Crippen molar-refractivity contribution in [2.75, 3.05) is 0 Å². The summed E-state index contributed by atoms with van der Waals surface area (Å²) in [6, 6.07) is 34.1. The number of hydrogen-bond acceptors (Lipinski definition) is 2. The largest absolute Gasteiger partial charge is 0.481 e. The predicted octanol–water partition coefficient (Wildman–Crippen LogP) is 7.27. The fourth-order valence-electron chi connectivity index (χ4n) is 4.42. The summed E-state index contributed by atoms with van der Waals surface area (Å²) in [5.74, 6) is -1.16. The van der Waals surface area contributed by atoms with Crippen LogP contribution < -0.4 is 0 Å². The highest BCUT2D eigenvalue weighted by atomic mass is 19.1. The van der Waals surface area contributed by atoms with Gasteiger partial charge in [-0.15, -0.1) is 0 Å². The molecule has 0 aliphatic heterocycles. The molecule has 3 nitrogen and oxygen atoms in total. The summed E-state index contributed by atoms with van der Waals surface area (Å²) >= 11 is 0. The first-order valence-corrected chi connectivity index (χ1v) is 11.4. The zero-order chi connectivity index (χ0) is 23.9. The van der Waals surface area contributed by atoms with Crippen LogP contribution in [0.5, 0.6) is 0 Å². The lowest BCUT2D eigenvalue weighted by Gasteiger charge is -2.37. The van der Waals surface area contributed by atoms with E-state index in [1.165, 1.54) is 12.1 Å². The van der Waals surface area contributed by atoms with Crippen molar-refractivity contribution in [1.29, 1.82) is 0 Å². The van der Waals surface area contributed by atoms with Crippen molar-refractivity contribution in [3.05, 3.63) is 132 Å². The van der Waals surface area contributed by atoms with Gasteiger partial charge in [0.25, 0.3) is 0 Å². The monoisotopic (exact) mass is 453 g/mol. The molecule has 4 rings (SSSR count). The minimum Gasteiger partial charge on any atom is -0.481 e. The first-order chi connectivity index (χ1) is 16.5. The highest BCUT2D eigenvalue weighted by molar-refractivity contribution is 5.69. The lowest BCUT2D eigenvalue weighted by atomic mass is 9.94. The summed E-state index contributed by atoms with van der Waals surface area (Å²) in [5, 5.41) is 9.86. The van der Waals surface area contributed by atoms with Crippen molar-refractivity contribution in [2.24, 2.45) is 0 Å². The summed E-state index contributed by atoms with van der Waals surface area (Å²) in [6.07, 6.45) is -0.0450. The average molecular weight is 454 g/mol. The number of rotatable bonds is 9. The Bertz CT molecular complexity index is 1230. The van der Waals surface area contributed by atoms with Crippen LogP contribution in [0, 0.1) is 5.82 Å². The first-order valence-electron chi connectivity index (χ1n) is 11.4. The standard InChI is InChI=1S/C30H28FNO2/c1-22(24-12-6-3-7-13-24)32(21-23-10-4-2-5-11-23)29(20-30(33)34)27-16-8-14-25(18-27)26-15-9-17-28(31)19-26/h2-19,22,29H,20-21H2,1H3,(H,33,34)/t22-,29+/m1/s1. The third-order valence-electron chi connectivity index (χ3n) is 6.19. The number of carboxylic acids is 1. The fourth-order valence-corrected chi connectivity index (χ4v) is 4.42. The van der Waals surface area contributed by atoms with Gasteiger partial charge < -0.3 is 5.11 Å². The van der Waals surface area contributed by atoms with Gasteiger partial charge in [-0.1, -0.05) is 91.0 Å². The Morgan fingerprint density at radius 1 is 0.794 bits per heavy atom. The number of halogens is 1. The Labute approximate surface area is 200 Å². The third kappa shape index (κ3) is 5.77. The van der Waals surface area contributed by atoms with Crippen LogP contribution in [-0.2, 0) is 11.3 Å². The van der Waals surface area contributed by atoms with E-state index in [0.717, 1.165) is 27.8 Å². The molecule has 1 N–H and O–H groups in total. The first kappa shape index (κ1) is 23.4. The molecule has 0 unspecified atom stereocenters. The van der Waals surface area contributed by atoms with Crippen molar-refractivity contribution in [3.8, 4) is 11.1 Å².